The fourth-order valence-electron chi connectivity index (χ4n) is 2.59. The molecule has 2 unspecified atom stereocenters. The van der Waals surface area contributed by atoms with Gasteiger partial charge in [0, 0.05) is 6.04 Å². The molecule has 0 saturated carbocycles. The van der Waals surface area contributed by atoms with Crippen molar-refractivity contribution >= 4 is 0 Å². The molecule has 3 nitrogen and oxygen atoms in total. The molecule has 1 heterocycles. The summed E-state index contributed by atoms with van der Waals surface area (Å²) in [7, 11) is 3.90. The van der Waals surface area contributed by atoms with E-state index < -0.39 is 0 Å². The summed E-state index contributed by atoms with van der Waals surface area (Å²) in [6.45, 7) is 1.94. The van der Waals surface area contributed by atoms with Crippen LogP contribution in [0.5, 0.6) is 5.75 Å². The maximum Gasteiger partial charge on any atom is 0.118 e. The van der Waals surface area contributed by atoms with Crippen LogP contribution in [-0.4, -0.2) is 32.1 Å². The van der Waals surface area contributed by atoms with E-state index in [1.54, 1.807) is 7.11 Å². The molecule has 0 spiro atoms. The van der Waals surface area contributed by atoms with Gasteiger partial charge >= 0.3 is 0 Å². The predicted molar refractivity (Wildman–Crippen MR) is 70.1 cm³/mol. The number of hydrogen-bond acceptors (Lipinski definition) is 3. The summed E-state index contributed by atoms with van der Waals surface area (Å²) in [5.74, 6) is 1.58. The second-order valence-electron chi connectivity index (χ2n) is 4.90. The van der Waals surface area contributed by atoms with Crippen LogP contribution in [0.15, 0.2) is 24.3 Å². The summed E-state index contributed by atoms with van der Waals surface area (Å²) in [5, 5.41) is 0. The normalized spacial score (nSPS) is 25.8. The predicted octanol–water partition coefficient (Wildman–Crippen LogP) is 2.04. The van der Waals surface area contributed by atoms with E-state index in [9.17, 15) is 0 Å². The molecule has 1 aromatic rings. The van der Waals surface area contributed by atoms with Crippen LogP contribution in [0.3, 0.4) is 0 Å². The van der Waals surface area contributed by atoms with Crippen LogP contribution >= 0.6 is 0 Å². The van der Waals surface area contributed by atoms with Gasteiger partial charge in [0.2, 0.25) is 0 Å². The SMILES string of the molecule is COc1ccc(C2CC(CN)CCN2C)cc1. The fraction of sp³-hybridized carbons (Fsp3) is 0.571. The molecule has 2 atom stereocenters. The van der Waals surface area contributed by atoms with Gasteiger partial charge in [-0.15, -0.1) is 0 Å². The zero-order valence-corrected chi connectivity index (χ0v) is 10.7. The van der Waals surface area contributed by atoms with Crippen molar-refractivity contribution in [2.45, 2.75) is 18.9 Å². The van der Waals surface area contributed by atoms with E-state index in [1.165, 1.54) is 18.4 Å². The standard InChI is InChI=1S/C14H22N2O/c1-16-8-7-11(10-15)9-14(16)12-3-5-13(17-2)6-4-12/h3-6,11,14H,7-10,15H2,1-2H3. The first-order valence-corrected chi connectivity index (χ1v) is 6.29. The van der Waals surface area contributed by atoms with Crippen LogP contribution in [-0.2, 0) is 0 Å². The van der Waals surface area contributed by atoms with E-state index in [1.807, 2.05) is 12.1 Å². The lowest BCUT2D eigenvalue weighted by molar-refractivity contribution is 0.145. The number of ether oxygens (including phenoxy) is 1. The van der Waals surface area contributed by atoms with Gasteiger partial charge < -0.3 is 10.5 Å². The van der Waals surface area contributed by atoms with E-state index >= 15 is 0 Å². The number of piperidine rings is 1. The summed E-state index contributed by atoms with van der Waals surface area (Å²) in [6.07, 6.45) is 2.39. The number of methoxy groups -OCH3 is 1. The van der Waals surface area contributed by atoms with Gasteiger partial charge in [0.25, 0.3) is 0 Å². The first-order chi connectivity index (χ1) is 8.24. The van der Waals surface area contributed by atoms with E-state index in [2.05, 4.69) is 24.1 Å². The summed E-state index contributed by atoms with van der Waals surface area (Å²) in [5.41, 5.74) is 7.16. The summed E-state index contributed by atoms with van der Waals surface area (Å²) < 4.78 is 5.19. The Balaban J connectivity index is 2.12. The highest BCUT2D eigenvalue weighted by molar-refractivity contribution is 5.29. The highest BCUT2D eigenvalue weighted by atomic mass is 16.5. The monoisotopic (exact) mass is 234 g/mol. The Kier molecular flexibility index (Phi) is 4.02. The Labute approximate surface area is 104 Å². The molecule has 0 aliphatic carbocycles. The Morgan fingerprint density at radius 2 is 2.06 bits per heavy atom. The molecule has 94 valence electrons. The second kappa shape index (κ2) is 5.52. The number of nitrogens with zero attached hydrogens (tertiary/aromatic N) is 1. The summed E-state index contributed by atoms with van der Waals surface area (Å²) >= 11 is 0. The average molecular weight is 234 g/mol. The molecule has 0 radical (unpaired) electrons. The van der Waals surface area contributed by atoms with Crippen LogP contribution in [0.25, 0.3) is 0 Å². The molecule has 1 aliphatic rings. The minimum atomic E-state index is 0.503. The number of rotatable bonds is 3. The molecule has 17 heavy (non-hydrogen) atoms. The quantitative estimate of drug-likeness (QED) is 0.869. The Morgan fingerprint density at radius 3 is 2.65 bits per heavy atom. The fourth-order valence-corrected chi connectivity index (χ4v) is 2.59. The minimum absolute atomic E-state index is 0.503. The van der Waals surface area contributed by atoms with Crippen molar-refractivity contribution in [3.8, 4) is 5.75 Å². The van der Waals surface area contributed by atoms with Crippen molar-refractivity contribution in [2.75, 3.05) is 27.2 Å². The summed E-state index contributed by atoms with van der Waals surface area (Å²) in [6, 6.07) is 8.91. The summed E-state index contributed by atoms with van der Waals surface area (Å²) in [4.78, 5) is 2.42. The minimum Gasteiger partial charge on any atom is -0.497 e. The van der Waals surface area contributed by atoms with E-state index in [-0.39, 0.29) is 0 Å². The zero-order valence-electron chi connectivity index (χ0n) is 10.7. The third-order valence-corrected chi connectivity index (χ3v) is 3.81. The van der Waals surface area contributed by atoms with Gasteiger partial charge in [-0.3, -0.25) is 4.90 Å². The van der Waals surface area contributed by atoms with Gasteiger partial charge in [0.1, 0.15) is 5.75 Å². The molecule has 2 rings (SSSR count). The Bertz CT molecular complexity index is 350. The number of likely N-dealkylation sites (tertiary alicyclic amines) is 1. The van der Waals surface area contributed by atoms with Crippen molar-refractivity contribution in [3.05, 3.63) is 29.8 Å². The topological polar surface area (TPSA) is 38.5 Å². The van der Waals surface area contributed by atoms with Crippen LogP contribution in [0.1, 0.15) is 24.4 Å². The molecule has 0 amide bonds. The molecule has 3 heteroatoms. The van der Waals surface area contributed by atoms with Gasteiger partial charge in [0.15, 0.2) is 0 Å². The van der Waals surface area contributed by atoms with Crippen molar-refractivity contribution in [3.63, 3.8) is 0 Å². The molecule has 0 bridgehead atoms. The van der Waals surface area contributed by atoms with Gasteiger partial charge in [-0.25, -0.2) is 0 Å². The van der Waals surface area contributed by atoms with E-state index in [4.69, 9.17) is 10.5 Å². The molecular weight excluding hydrogens is 212 g/mol. The van der Waals surface area contributed by atoms with Crippen molar-refractivity contribution < 1.29 is 4.74 Å². The van der Waals surface area contributed by atoms with Gasteiger partial charge in [0.05, 0.1) is 7.11 Å². The van der Waals surface area contributed by atoms with Crippen LogP contribution in [0.2, 0.25) is 0 Å². The third-order valence-electron chi connectivity index (χ3n) is 3.81. The second-order valence-corrected chi connectivity index (χ2v) is 4.90. The van der Waals surface area contributed by atoms with Crippen molar-refractivity contribution in [1.29, 1.82) is 0 Å². The van der Waals surface area contributed by atoms with Crippen LogP contribution in [0, 0.1) is 5.92 Å². The van der Waals surface area contributed by atoms with E-state index in [0.717, 1.165) is 18.8 Å². The van der Waals surface area contributed by atoms with Gasteiger partial charge in [-0.05, 0) is 56.6 Å². The highest BCUT2D eigenvalue weighted by Gasteiger charge is 2.26. The zero-order chi connectivity index (χ0) is 12.3. The first kappa shape index (κ1) is 12.4. The Morgan fingerprint density at radius 1 is 1.35 bits per heavy atom. The molecule has 0 aromatic heterocycles. The van der Waals surface area contributed by atoms with Gasteiger partial charge in [-0.1, -0.05) is 12.1 Å². The molecule has 1 fully saturated rings. The third kappa shape index (κ3) is 2.79. The average Bonchev–Trinajstić information content (AvgIpc) is 2.39. The van der Waals surface area contributed by atoms with Gasteiger partial charge in [-0.2, -0.15) is 0 Å². The highest BCUT2D eigenvalue weighted by Crippen LogP contribution is 2.33. The molecule has 1 aromatic carbocycles. The first-order valence-electron chi connectivity index (χ1n) is 6.29. The molecule has 2 N–H and O–H groups in total. The lowest BCUT2D eigenvalue weighted by Crippen LogP contribution is -2.36. The molecule has 1 aliphatic heterocycles. The molecular formula is C14H22N2O. The number of nitrogens with two attached hydrogens (primary N) is 1. The number of hydrogen-bond donors (Lipinski definition) is 1. The Hall–Kier alpha value is -1.06. The lowest BCUT2D eigenvalue weighted by atomic mass is 9.87. The maximum atomic E-state index is 5.80. The van der Waals surface area contributed by atoms with E-state index in [0.29, 0.717) is 12.0 Å². The molecule has 1 saturated heterocycles. The van der Waals surface area contributed by atoms with Crippen LogP contribution < -0.4 is 10.5 Å². The van der Waals surface area contributed by atoms with Crippen molar-refractivity contribution in [2.24, 2.45) is 11.7 Å². The van der Waals surface area contributed by atoms with Crippen molar-refractivity contribution in [1.82, 2.24) is 4.90 Å². The number of benzene rings is 1. The maximum absolute atomic E-state index is 5.80. The lowest BCUT2D eigenvalue weighted by Gasteiger charge is -2.37. The van der Waals surface area contributed by atoms with Crippen LogP contribution in [0.4, 0.5) is 0 Å². The smallest absolute Gasteiger partial charge is 0.118 e. The largest absolute Gasteiger partial charge is 0.497 e.